The first-order valence-corrected chi connectivity index (χ1v) is 6.68. The van der Waals surface area contributed by atoms with E-state index in [1.54, 1.807) is 0 Å². The van der Waals surface area contributed by atoms with Gasteiger partial charge in [0.25, 0.3) is 0 Å². The van der Waals surface area contributed by atoms with Crippen molar-refractivity contribution in [3.8, 4) is 5.75 Å². The Labute approximate surface area is 117 Å². The van der Waals surface area contributed by atoms with E-state index >= 15 is 0 Å². The van der Waals surface area contributed by atoms with Gasteiger partial charge in [-0.05, 0) is 34.8 Å². The molecule has 104 valence electrons. The van der Waals surface area contributed by atoms with Gasteiger partial charge in [-0.15, -0.1) is 0 Å². The summed E-state index contributed by atoms with van der Waals surface area (Å²) in [7, 11) is 1.21. The Morgan fingerprint density at radius 2 is 2.00 bits per heavy atom. The number of ether oxygens (including phenoxy) is 1. The van der Waals surface area contributed by atoms with Crippen LogP contribution in [-0.4, -0.2) is 18.2 Å². The molecule has 0 unspecified atom stereocenters. The Balaban J connectivity index is 2.76. The van der Waals surface area contributed by atoms with Gasteiger partial charge in [0, 0.05) is 0 Å². The summed E-state index contributed by atoms with van der Waals surface area (Å²) in [5.41, 5.74) is -1.59. The zero-order valence-corrected chi connectivity index (χ0v) is 11.9. The van der Waals surface area contributed by atoms with Gasteiger partial charge in [0.2, 0.25) is 0 Å². The molecule has 0 aliphatic heterocycles. The van der Waals surface area contributed by atoms with E-state index in [0.717, 1.165) is 6.07 Å². The van der Waals surface area contributed by atoms with Crippen LogP contribution in [0.2, 0.25) is 0 Å². The Kier molecular flexibility index (Phi) is 3.80. The van der Waals surface area contributed by atoms with Crippen LogP contribution < -0.4 is 4.74 Å². The highest BCUT2D eigenvalue weighted by Gasteiger charge is 2.47. The molecule has 6 heteroatoms. The average molecular weight is 335 g/mol. The van der Waals surface area contributed by atoms with Crippen LogP contribution in [-0.2, 0) is 10.2 Å². The van der Waals surface area contributed by atoms with Crippen molar-refractivity contribution in [2.75, 3.05) is 7.11 Å². The van der Waals surface area contributed by atoms with E-state index < -0.39 is 23.0 Å². The summed E-state index contributed by atoms with van der Waals surface area (Å²) in [4.78, 5) is 11.6. The molecule has 0 atom stereocenters. The van der Waals surface area contributed by atoms with Gasteiger partial charge in [0.1, 0.15) is 5.82 Å². The highest BCUT2D eigenvalue weighted by atomic mass is 79.9. The number of carboxylic acids is 1. The van der Waals surface area contributed by atoms with Crippen molar-refractivity contribution in [2.24, 2.45) is 0 Å². The average Bonchev–Trinajstić information content (AvgIpc) is 2.83. The molecule has 1 aliphatic carbocycles. The number of hydrogen-bond donors (Lipinski definition) is 1. The van der Waals surface area contributed by atoms with E-state index in [4.69, 9.17) is 4.74 Å². The lowest BCUT2D eigenvalue weighted by Gasteiger charge is -2.27. The summed E-state index contributed by atoms with van der Waals surface area (Å²) in [6.45, 7) is 0. The van der Waals surface area contributed by atoms with Crippen molar-refractivity contribution in [1.29, 1.82) is 0 Å². The van der Waals surface area contributed by atoms with Gasteiger partial charge in [-0.3, -0.25) is 4.79 Å². The van der Waals surface area contributed by atoms with Crippen LogP contribution >= 0.6 is 15.9 Å². The monoisotopic (exact) mass is 334 g/mol. The van der Waals surface area contributed by atoms with Crippen molar-refractivity contribution in [2.45, 2.75) is 31.1 Å². The number of aliphatic carboxylic acids is 1. The van der Waals surface area contributed by atoms with E-state index in [1.807, 2.05) is 0 Å². The number of benzene rings is 1. The lowest BCUT2D eigenvalue weighted by Crippen LogP contribution is -2.34. The Morgan fingerprint density at radius 1 is 1.42 bits per heavy atom. The van der Waals surface area contributed by atoms with Crippen LogP contribution in [0.3, 0.4) is 0 Å². The summed E-state index contributed by atoms with van der Waals surface area (Å²) in [6.07, 6.45) is 1.91. The minimum absolute atomic E-state index is 0.0895. The van der Waals surface area contributed by atoms with Crippen LogP contribution in [0.25, 0.3) is 0 Å². The number of rotatable bonds is 3. The molecule has 1 aromatic carbocycles. The topological polar surface area (TPSA) is 46.5 Å². The molecule has 19 heavy (non-hydrogen) atoms. The quantitative estimate of drug-likeness (QED) is 0.858. The summed E-state index contributed by atoms with van der Waals surface area (Å²) in [6, 6.07) is 0.947. The Hall–Kier alpha value is -1.17. The lowest BCUT2D eigenvalue weighted by atomic mass is 9.78. The molecule has 2 rings (SSSR count). The van der Waals surface area contributed by atoms with E-state index in [-0.39, 0.29) is 28.6 Å². The third-order valence-electron chi connectivity index (χ3n) is 3.68. The van der Waals surface area contributed by atoms with Gasteiger partial charge < -0.3 is 9.84 Å². The Morgan fingerprint density at radius 3 is 2.47 bits per heavy atom. The molecule has 0 radical (unpaired) electrons. The molecule has 1 N–H and O–H groups in total. The van der Waals surface area contributed by atoms with Gasteiger partial charge >= 0.3 is 5.97 Å². The molecule has 0 aromatic heterocycles. The van der Waals surface area contributed by atoms with Crippen molar-refractivity contribution in [3.63, 3.8) is 0 Å². The first-order valence-electron chi connectivity index (χ1n) is 5.89. The van der Waals surface area contributed by atoms with Gasteiger partial charge in [-0.25, -0.2) is 8.78 Å². The molecule has 1 fully saturated rings. The molecule has 3 nitrogen and oxygen atoms in total. The van der Waals surface area contributed by atoms with Crippen molar-refractivity contribution in [3.05, 3.63) is 27.7 Å². The van der Waals surface area contributed by atoms with E-state index in [9.17, 15) is 18.7 Å². The largest absolute Gasteiger partial charge is 0.493 e. The molecule has 0 heterocycles. The molecule has 1 saturated carbocycles. The van der Waals surface area contributed by atoms with E-state index in [2.05, 4.69) is 15.9 Å². The fourth-order valence-electron chi connectivity index (χ4n) is 2.75. The normalized spacial score (nSPS) is 17.5. The highest BCUT2D eigenvalue weighted by Crippen LogP contribution is 2.48. The smallest absolute Gasteiger partial charge is 0.314 e. The van der Waals surface area contributed by atoms with Gasteiger partial charge in [0.05, 0.1) is 22.6 Å². The summed E-state index contributed by atoms with van der Waals surface area (Å²) in [5, 5.41) is 9.48. The SMILES string of the molecule is COc1c(F)cc(Br)c(F)c1C1(C(=O)O)CCCC1. The van der Waals surface area contributed by atoms with Crippen LogP contribution in [0.1, 0.15) is 31.2 Å². The first kappa shape index (κ1) is 14.2. The summed E-state index contributed by atoms with van der Waals surface area (Å²) >= 11 is 2.92. The lowest BCUT2D eigenvalue weighted by molar-refractivity contribution is -0.143. The minimum Gasteiger partial charge on any atom is -0.493 e. The maximum Gasteiger partial charge on any atom is 0.314 e. The van der Waals surface area contributed by atoms with Crippen LogP contribution in [0.5, 0.6) is 5.75 Å². The minimum atomic E-state index is -1.40. The summed E-state index contributed by atoms with van der Waals surface area (Å²) in [5.74, 6) is -2.98. The van der Waals surface area contributed by atoms with Crippen LogP contribution in [0.4, 0.5) is 8.78 Å². The van der Waals surface area contributed by atoms with E-state index in [0.29, 0.717) is 12.8 Å². The molecular formula is C13H13BrF2O3. The molecule has 0 spiro atoms. The maximum absolute atomic E-state index is 14.3. The molecule has 0 bridgehead atoms. The second-order valence-electron chi connectivity index (χ2n) is 4.66. The van der Waals surface area contributed by atoms with Gasteiger partial charge in [0.15, 0.2) is 11.6 Å². The predicted octanol–water partition coefficient (Wildman–Crippen LogP) is 3.63. The predicted molar refractivity (Wildman–Crippen MR) is 68.4 cm³/mol. The highest BCUT2D eigenvalue weighted by molar-refractivity contribution is 9.10. The first-order chi connectivity index (χ1) is 8.94. The van der Waals surface area contributed by atoms with Crippen molar-refractivity contribution >= 4 is 21.9 Å². The maximum atomic E-state index is 14.3. The van der Waals surface area contributed by atoms with Gasteiger partial charge in [-0.2, -0.15) is 0 Å². The number of carbonyl (C=O) groups is 1. The van der Waals surface area contributed by atoms with Crippen LogP contribution in [0, 0.1) is 11.6 Å². The number of hydrogen-bond acceptors (Lipinski definition) is 2. The van der Waals surface area contributed by atoms with Crippen molar-refractivity contribution < 1.29 is 23.4 Å². The molecule has 1 aromatic rings. The molecule has 0 amide bonds. The zero-order valence-electron chi connectivity index (χ0n) is 10.3. The molecule has 1 aliphatic rings. The van der Waals surface area contributed by atoms with Gasteiger partial charge in [-0.1, -0.05) is 12.8 Å². The third-order valence-corrected chi connectivity index (χ3v) is 4.25. The second kappa shape index (κ2) is 5.07. The fourth-order valence-corrected chi connectivity index (χ4v) is 3.15. The number of halogens is 3. The summed E-state index contributed by atoms with van der Waals surface area (Å²) < 4.78 is 33.0. The van der Waals surface area contributed by atoms with E-state index in [1.165, 1.54) is 7.11 Å². The molecule has 0 saturated heterocycles. The zero-order chi connectivity index (χ0) is 14.2. The Bertz CT molecular complexity index is 525. The third kappa shape index (κ3) is 2.12. The second-order valence-corrected chi connectivity index (χ2v) is 5.51. The van der Waals surface area contributed by atoms with Crippen molar-refractivity contribution in [1.82, 2.24) is 0 Å². The fraction of sp³-hybridized carbons (Fsp3) is 0.462. The number of methoxy groups -OCH3 is 1. The standard InChI is InChI=1S/C13H13BrF2O3/c1-19-11-8(15)6-7(14)10(16)9(11)13(12(17)18)4-2-3-5-13/h6H,2-5H2,1H3,(H,17,18). The molecular weight excluding hydrogens is 322 g/mol. The van der Waals surface area contributed by atoms with Crippen LogP contribution in [0.15, 0.2) is 10.5 Å². The number of carboxylic acid groups (broad SMARTS) is 1.